The maximum atomic E-state index is 12.9. The Morgan fingerprint density at radius 1 is 1.21 bits per heavy atom. The summed E-state index contributed by atoms with van der Waals surface area (Å²) in [6, 6.07) is 2.99. The minimum absolute atomic E-state index is 0.193. The fourth-order valence-corrected chi connectivity index (χ4v) is 4.44. The van der Waals surface area contributed by atoms with Gasteiger partial charge in [-0.1, -0.05) is 0 Å². The van der Waals surface area contributed by atoms with Gasteiger partial charge in [-0.3, -0.25) is 9.40 Å². The SMILES string of the molecule is CC1=c2cn[nH]c2=CC(C)N1S(=O)(=O)c1ccc(C(F)(F)F)cc1. The summed E-state index contributed by atoms with van der Waals surface area (Å²) >= 11 is 0. The quantitative estimate of drug-likeness (QED) is 0.884. The van der Waals surface area contributed by atoms with Gasteiger partial charge in [-0.25, -0.2) is 8.42 Å². The molecule has 1 N–H and O–H groups in total. The van der Waals surface area contributed by atoms with Crippen LogP contribution in [0.3, 0.4) is 0 Å². The van der Waals surface area contributed by atoms with E-state index in [-0.39, 0.29) is 4.90 Å². The number of aromatic nitrogens is 2. The van der Waals surface area contributed by atoms with E-state index in [1.165, 1.54) is 10.5 Å². The minimum Gasteiger partial charge on any atom is -0.278 e. The molecule has 0 amide bonds. The molecule has 1 aromatic heterocycles. The van der Waals surface area contributed by atoms with Gasteiger partial charge in [0.15, 0.2) is 0 Å². The second-order valence-corrected chi connectivity index (χ2v) is 7.33. The van der Waals surface area contributed by atoms with Gasteiger partial charge in [0, 0.05) is 10.9 Å². The summed E-state index contributed by atoms with van der Waals surface area (Å²) in [5.74, 6) is 0. The number of fused-ring (bicyclic) bond motifs is 1. The van der Waals surface area contributed by atoms with Crippen molar-refractivity contribution < 1.29 is 21.6 Å². The second kappa shape index (κ2) is 5.37. The van der Waals surface area contributed by atoms with Crippen LogP contribution in [0.15, 0.2) is 35.4 Å². The molecule has 0 saturated heterocycles. The predicted octanol–water partition coefficient (Wildman–Crippen LogP) is 1.43. The van der Waals surface area contributed by atoms with Crippen molar-refractivity contribution in [3.05, 3.63) is 46.6 Å². The number of alkyl halides is 3. The number of sulfonamides is 1. The van der Waals surface area contributed by atoms with Crippen LogP contribution in [0.2, 0.25) is 0 Å². The van der Waals surface area contributed by atoms with Crippen LogP contribution in [0, 0.1) is 0 Å². The molecule has 0 saturated carbocycles. The van der Waals surface area contributed by atoms with Crippen LogP contribution in [0.5, 0.6) is 0 Å². The zero-order valence-electron chi connectivity index (χ0n) is 12.8. The van der Waals surface area contributed by atoms with E-state index in [1.54, 1.807) is 19.9 Å². The fraction of sp³-hybridized carbons (Fsp3) is 0.267. The Labute approximate surface area is 136 Å². The maximum absolute atomic E-state index is 12.9. The summed E-state index contributed by atoms with van der Waals surface area (Å²) in [5, 5.41) is 8.04. The van der Waals surface area contributed by atoms with Gasteiger partial charge in [-0.05, 0) is 44.2 Å². The van der Waals surface area contributed by atoms with E-state index in [0.717, 1.165) is 29.6 Å². The van der Waals surface area contributed by atoms with Crippen LogP contribution in [0.1, 0.15) is 19.4 Å². The monoisotopic (exact) mass is 357 g/mol. The molecule has 5 nitrogen and oxygen atoms in total. The van der Waals surface area contributed by atoms with Crippen molar-refractivity contribution in [2.24, 2.45) is 0 Å². The summed E-state index contributed by atoms with van der Waals surface area (Å²) < 4.78 is 64.9. The highest BCUT2D eigenvalue weighted by atomic mass is 32.2. The first kappa shape index (κ1) is 16.6. The maximum Gasteiger partial charge on any atom is 0.416 e. The van der Waals surface area contributed by atoms with Gasteiger partial charge < -0.3 is 0 Å². The molecule has 2 aromatic rings. The third-order valence-electron chi connectivity index (χ3n) is 3.91. The van der Waals surface area contributed by atoms with Crippen LogP contribution in [-0.4, -0.2) is 29.0 Å². The summed E-state index contributed by atoms with van der Waals surface area (Å²) in [4.78, 5) is -0.193. The zero-order chi connectivity index (χ0) is 17.7. The Morgan fingerprint density at radius 2 is 1.83 bits per heavy atom. The first-order valence-electron chi connectivity index (χ1n) is 7.06. The Morgan fingerprint density at radius 3 is 2.42 bits per heavy atom. The molecule has 1 unspecified atom stereocenters. The van der Waals surface area contributed by atoms with Gasteiger partial charge >= 0.3 is 6.18 Å². The number of rotatable bonds is 2. The molecule has 9 heteroatoms. The fourth-order valence-electron chi connectivity index (χ4n) is 2.77. The Balaban J connectivity index is 2.08. The van der Waals surface area contributed by atoms with Crippen molar-refractivity contribution in [2.45, 2.75) is 31.0 Å². The first-order chi connectivity index (χ1) is 11.1. The number of hydrogen-bond acceptors (Lipinski definition) is 3. The number of nitrogens with one attached hydrogen (secondary N) is 1. The van der Waals surface area contributed by atoms with E-state index in [2.05, 4.69) is 10.2 Å². The van der Waals surface area contributed by atoms with E-state index in [1.807, 2.05) is 0 Å². The van der Waals surface area contributed by atoms with Crippen LogP contribution < -0.4 is 10.6 Å². The summed E-state index contributed by atoms with van der Waals surface area (Å²) in [6.07, 6.45) is -1.29. The van der Waals surface area contributed by atoms with Crippen LogP contribution in [0.25, 0.3) is 11.8 Å². The second-order valence-electron chi connectivity index (χ2n) is 5.51. The molecule has 24 heavy (non-hydrogen) atoms. The molecule has 128 valence electrons. The van der Waals surface area contributed by atoms with Gasteiger partial charge in [-0.2, -0.15) is 18.3 Å². The zero-order valence-corrected chi connectivity index (χ0v) is 13.6. The standard InChI is InChI=1S/C15H14F3N3O2S/c1-9-7-14-13(8-19-20-14)10(2)21(9)24(22,23)12-5-3-11(4-6-12)15(16,17)18/h3-9,20H,1-2H3. The van der Waals surface area contributed by atoms with E-state index < -0.39 is 27.8 Å². The van der Waals surface area contributed by atoms with Crippen molar-refractivity contribution in [1.82, 2.24) is 14.5 Å². The molecule has 1 aliphatic rings. The van der Waals surface area contributed by atoms with E-state index in [0.29, 0.717) is 10.9 Å². The Bertz CT molecular complexity index is 992. The van der Waals surface area contributed by atoms with Gasteiger partial charge in [0.05, 0.1) is 28.0 Å². The van der Waals surface area contributed by atoms with Gasteiger partial charge in [0.1, 0.15) is 0 Å². The summed E-state index contributed by atoms with van der Waals surface area (Å²) in [6.45, 7) is 3.33. The number of benzene rings is 1. The van der Waals surface area contributed by atoms with E-state index in [9.17, 15) is 21.6 Å². The average molecular weight is 357 g/mol. The molecule has 1 aromatic carbocycles. The average Bonchev–Trinajstić information content (AvgIpc) is 2.94. The van der Waals surface area contributed by atoms with Crippen LogP contribution in [0.4, 0.5) is 13.2 Å². The minimum atomic E-state index is -4.51. The first-order valence-corrected chi connectivity index (χ1v) is 8.50. The molecule has 2 heterocycles. The highest BCUT2D eigenvalue weighted by molar-refractivity contribution is 7.89. The van der Waals surface area contributed by atoms with E-state index in [4.69, 9.17) is 0 Å². The lowest BCUT2D eigenvalue weighted by molar-refractivity contribution is -0.137. The number of halogens is 3. The normalized spacial score (nSPS) is 18.3. The molecule has 0 aliphatic carbocycles. The molecule has 0 fully saturated rings. The molecule has 1 aliphatic heterocycles. The van der Waals surface area contributed by atoms with Crippen LogP contribution >= 0.6 is 0 Å². The Hall–Kier alpha value is -2.29. The number of aromatic amines is 1. The molecule has 3 rings (SSSR count). The van der Waals surface area contributed by atoms with Gasteiger partial charge in [0.25, 0.3) is 10.0 Å². The number of hydrogen-bond donors (Lipinski definition) is 1. The predicted molar refractivity (Wildman–Crippen MR) is 81.3 cm³/mol. The highest BCUT2D eigenvalue weighted by Gasteiger charge is 2.33. The molecule has 0 spiro atoms. The third kappa shape index (κ3) is 2.58. The van der Waals surface area contributed by atoms with Crippen molar-refractivity contribution in [2.75, 3.05) is 0 Å². The molecule has 0 bridgehead atoms. The molecule has 1 atom stereocenters. The number of H-pyrrole nitrogens is 1. The summed E-state index contributed by atoms with van der Waals surface area (Å²) in [5.41, 5.74) is -0.425. The number of nitrogens with zero attached hydrogens (tertiary/aromatic N) is 2. The van der Waals surface area contributed by atoms with Crippen molar-refractivity contribution in [1.29, 1.82) is 0 Å². The lowest BCUT2D eigenvalue weighted by Gasteiger charge is -2.31. The smallest absolute Gasteiger partial charge is 0.278 e. The molecular weight excluding hydrogens is 343 g/mol. The Kier molecular flexibility index (Phi) is 3.71. The highest BCUT2D eigenvalue weighted by Crippen LogP contribution is 2.31. The van der Waals surface area contributed by atoms with Crippen LogP contribution in [-0.2, 0) is 16.2 Å². The van der Waals surface area contributed by atoms with Gasteiger partial charge in [0.2, 0.25) is 0 Å². The lowest BCUT2D eigenvalue weighted by Crippen LogP contribution is -2.45. The van der Waals surface area contributed by atoms with Gasteiger partial charge in [-0.15, -0.1) is 0 Å². The van der Waals surface area contributed by atoms with Crippen molar-refractivity contribution >= 4 is 21.8 Å². The largest absolute Gasteiger partial charge is 0.416 e. The lowest BCUT2D eigenvalue weighted by atomic mass is 10.2. The molecular formula is C15H14F3N3O2S. The topological polar surface area (TPSA) is 66.1 Å². The third-order valence-corrected chi connectivity index (χ3v) is 5.90. The van der Waals surface area contributed by atoms with E-state index >= 15 is 0 Å². The van der Waals surface area contributed by atoms with Crippen molar-refractivity contribution in [3.8, 4) is 0 Å². The summed E-state index contributed by atoms with van der Waals surface area (Å²) in [7, 11) is -3.99. The molecule has 0 radical (unpaired) electrons. The van der Waals surface area contributed by atoms with Crippen molar-refractivity contribution in [3.63, 3.8) is 0 Å².